The van der Waals surface area contributed by atoms with Gasteiger partial charge in [0.05, 0.1) is 11.6 Å². The first-order valence-electron chi connectivity index (χ1n) is 4.44. The number of alkyl halides is 5. The minimum absolute atomic E-state index is 0.0150. The molecule has 8 heteroatoms. The predicted octanol–water partition coefficient (Wildman–Crippen LogP) is 3.84. The van der Waals surface area contributed by atoms with E-state index in [1.165, 1.54) is 7.11 Å². The number of carbonyl (C=O) groups is 1. The zero-order valence-corrected chi connectivity index (χ0v) is 10.4. The summed E-state index contributed by atoms with van der Waals surface area (Å²) in [5, 5.41) is 0. The highest BCUT2D eigenvalue weighted by Gasteiger charge is 2.63. The third kappa shape index (κ3) is 2.63. The van der Waals surface area contributed by atoms with E-state index in [1.54, 1.807) is 0 Å². The van der Waals surface area contributed by atoms with Gasteiger partial charge in [0.15, 0.2) is 0 Å². The van der Waals surface area contributed by atoms with Gasteiger partial charge in [0.1, 0.15) is 5.75 Å². The Morgan fingerprint density at radius 2 is 1.78 bits per heavy atom. The summed E-state index contributed by atoms with van der Waals surface area (Å²) in [5.41, 5.74) is -0.780. The van der Waals surface area contributed by atoms with Crippen molar-refractivity contribution in [1.82, 2.24) is 0 Å². The van der Waals surface area contributed by atoms with Crippen molar-refractivity contribution in [3.8, 4) is 5.75 Å². The van der Waals surface area contributed by atoms with Gasteiger partial charge in [-0.25, -0.2) is 0 Å². The minimum atomic E-state index is -5.93. The summed E-state index contributed by atoms with van der Waals surface area (Å²) in [6.45, 7) is 0. The molecule has 1 aromatic rings. The molecule has 0 amide bonds. The number of ether oxygens (including phenoxy) is 1. The molecule has 100 valence electrons. The molecule has 0 radical (unpaired) electrons. The molecule has 0 spiro atoms. The summed E-state index contributed by atoms with van der Waals surface area (Å²) in [6, 6.07) is 2.82. The van der Waals surface area contributed by atoms with Crippen LogP contribution in [-0.4, -0.2) is 25.0 Å². The van der Waals surface area contributed by atoms with Crippen molar-refractivity contribution >= 4 is 21.7 Å². The maximum atomic E-state index is 12.8. The maximum absolute atomic E-state index is 12.8. The Morgan fingerprint density at radius 1 is 1.22 bits per heavy atom. The Balaban J connectivity index is 3.20. The van der Waals surface area contributed by atoms with Crippen LogP contribution in [0.25, 0.3) is 0 Å². The largest absolute Gasteiger partial charge is 0.496 e. The Kier molecular flexibility index (Phi) is 3.99. The fourth-order valence-corrected chi connectivity index (χ4v) is 1.52. The number of carbonyl (C=O) groups excluding carboxylic acids is 1. The Bertz CT molecular complexity index is 470. The molecular weight excluding hydrogens is 327 g/mol. The van der Waals surface area contributed by atoms with Crippen LogP contribution in [-0.2, 0) is 0 Å². The van der Waals surface area contributed by atoms with Crippen LogP contribution in [0.3, 0.4) is 0 Å². The smallest absolute Gasteiger partial charge is 0.461 e. The molecule has 0 saturated carbocycles. The number of benzene rings is 1. The van der Waals surface area contributed by atoms with Crippen molar-refractivity contribution in [3.63, 3.8) is 0 Å². The molecule has 0 aromatic heterocycles. The van der Waals surface area contributed by atoms with Gasteiger partial charge in [-0.1, -0.05) is 0 Å². The van der Waals surface area contributed by atoms with E-state index >= 15 is 0 Å². The quantitative estimate of drug-likeness (QED) is 0.621. The number of hydrogen-bond acceptors (Lipinski definition) is 2. The molecule has 0 aliphatic heterocycles. The number of halogens is 6. The van der Waals surface area contributed by atoms with Crippen LogP contribution < -0.4 is 4.74 Å². The molecule has 0 bridgehead atoms. The zero-order valence-electron chi connectivity index (χ0n) is 8.82. The van der Waals surface area contributed by atoms with Crippen molar-refractivity contribution in [3.05, 3.63) is 28.2 Å². The molecule has 0 fully saturated rings. The first-order valence-corrected chi connectivity index (χ1v) is 5.23. The molecular formula is C10H6BrF5O2. The zero-order chi connectivity index (χ0) is 14.1. The van der Waals surface area contributed by atoms with Crippen LogP contribution in [0.4, 0.5) is 22.0 Å². The van der Waals surface area contributed by atoms with Gasteiger partial charge in [-0.3, -0.25) is 4.79 Å². The third-order valence-electron chi connectivity index (χ3n) is 2.05. The Morgan fingerprint density at radius 3 is 2.22 bits per heavy atom. The number of ketones is 1. The normalized spacial score (nSPS) is 12.4. The molecule has 0 N–H and O–H groups in total. The van der Waals surface area contributed by atoms with Gasteiger partial charge in [-0.2, -0.15) is 22.0 Å². The van der Waals surface area contributed by atoms with E-state index in [9.17, 15) is 26.7 Å². The first-order chi connectivity index (χ1) is 8.11. The van der Waals surface area contributed by atoms with Crippen LogP contribution in [0, 0.1) is 0 Å². The number of rotatable bonds is 3. The summed E-state index contributed by atoms with van der Waals surface area (Å²) in [7, 11) is 1.19. The van der Waals surface area contributed by atoms with Crippen molar-refractivity contribution in [2.75, 3.05) is 7.11 Å². The van der Waals surface area contributed by atoms with Gasteiger partial charge in [0, 0.05) is 5.56 Å². The van der Waals surface area contributed by atoms with Crippen LogP contribution in [0.15, 0.2) is 22.7 Å². The second-order valence-electron chi connectivity index (χ2n) is 3.25. The molecule has 1 aromatic carbocycles. The van der Waals surface area contributed by atoms with Gasteiger partial charge in [-0.05, 0) is 34.1 Å². The average molecular weight is 333 g/mol. The van der Waals surface area contributed by atoms with Crippen molar-refractivity contribution in [2.45, 2.75) is 12.1 Å². The van der Waals surface area contributed by atoms with E-state index in [1.807, 2.05) is 0 Å². The minimum Gasteiger partial charge on any atom is -0.496 e. The highest BCUT2D eigenvalue weighted by molar-refractivity contribution is 9.10. The lowest BCUT2D eigenvalue weighted by molar-refractivity contribution is -0.255. The second kappa shape index (κ2) is 4.83. The van der Waals surface area contributed by atoms with Crippen LogP contribution >= 0.6 is 15.9 Å². The first kappa shape index (κ1) is 14.9. The van der Waals surface area contributed by atoms with Gasteiger partial charge in [-0.15, -0.1) is 0 Å². The van der Waals surface area contributed by atoms with E-state index in [-0.39, 0.29) is 5.75 Å². The number of Topliss-reactive ketones (excluding diaryl/α,β-unsaturated/α-hetero) is 1. The van der Waals surface area contributed by atoms with Crippen molar-refractivity contribution in [2.24, 2.45) is 0 Å². The van der Waals surface area contributed by atoms with E-state index in [4.69, 9.17) is 4.74 Å². The maximum Gasteiger partial charge on any atom is 0.461 e. The fourth-order valence-electron chi connectivity index (χ4n) is 1.11. The summed E-state index contributed by atoms with van der Waals surface area (Å²) < 4.78 is 66.7. The summed E-state index contributed by atoms with van der Waals surface area (Å²) in [4.78, 5) is 11.2. The molecule has 0 aliphatic carbocycles. The number of methoxy groups -OCH3 is 1. The van der Waals surface area contributed by atoms with Crippen LogP contribution in [0.1, 0.15) is 10.4 Å². The van der Waals surface area contributed by atoms with Crippen molar-refractivity contribution in [1.29, 1.82) is 0 Å². The molecule has 0 atom stereocenters. The van der Waals surface area contributed by atoms with Gasteiger partial charge in [0.25, 0.3) is 0 Å². The summed E-state index contributed by atoms with van der Waals surface area (Å²) >= 11 is 2.98. The fraction of sp³-hybridized carbons (Fsp3) is 0.300. The molecule has 0 heterocycles. The van der Waals surface area contributed by atoms with Gasteiger partial charge < -0.3 is 4.74 Å². The highest BCUT2D eigenvalue weighted by Crippen LogP contribution is 2.39. The topological polar surface area (TPSA) is 26.3 Å². The second-order valence-corrected chi connectivity index (χ2v) is 4.10. The molecule has 2 nitrogen and oxygen atoms in total. The lowest BCUT2D eigenvalue weighted by Gasteiger charge is -2.18. The van der Waals surface area contributed by atoms with E-state index in [2.05, 4.69) is 15.9 Å². The average Bonchev–Trinajstić information content (AvgIpc) is 2.27. The van der Waals surface area contributed by atoms with Crippen molar-refractivity contribution < 1.29 is 31.5 Å². The van der Waals surface area contributed by atoms with Crippen LogP contribution in [0.2, 0.25) is 0 Å². The third-order valence-corrected chi connectivity index (χ3v) is 2.71. The SMILES string of the molecule is COc1cc(C(=O)C(F)(F)C(F)(F)F)ccc1Br. The van der Waals surface area contributed by atoms with E-state index in [0.29, 0.717) is 4.47 Å². The molecule has 0 saturated heterocycles. The monoisotopic (exact) mass is 332 g/mol. The molecule has 18 heavy (non-hydrogen) atoms. The van der Waals surface area contributed by atoms with Gasteiger partial charge >= 0.3 is 12.1 Å². The Labute approximate surface area is 107 Å². The molecule has 0 aliphatic rings. The highest BCUT2D eigenvalue weighted by atomic mass is 79.9. The lowest BCUT2D eigenvalue weighted by atomic mass is 10.0. The molecule has 1 rings (SSSR count). The van der Waals surface area contributed by atoms with Crippen LogP contribution in [0.5, 0.6) is 5.75 Å². The number of hydrogen-bond donors (Lipinski definition) is 0. The summed E-state index contributed by atoms with van der Waals surface area (Å²) in [6.07, 6.45) is -5.93. The predicted molar refractivity (Wildman–Crippen MR) is 56.0 cm³/mol. The lowest BCUT2D eigenvalue weighted by Crippen LogP contribution is -2.44. The van der Waals surface area contributed by atoms with E-state index in [0.717, 1.165) is 18.2 Å². The van der Waals surface area contributed by atoms with E-state index < -0.39 is 23.4 Å². The van der Waals surface area contributed by atoms with Gasteiger partial charge in [0.2, 0.25) is 5.78 Å². The standard InChI is InChI=1S/C10H6BrF5O2/c1-18-7-4-5(2-3-6(7)11)8(17)9(12,13)10(14,15)16/h2-4H,1H3. The summed E-state index contributed by atoms with van der Waals surface area (Å²) in [5.74, 6) is -7.76. The molecule has 0 unspecified atom stereocenters. The Hall–Kier alpha value is -1.18.